The largest absolute Gasteiger partial charge is 0.378 e. The minimum atomic E-state index is -0.196. The van der Waals surface area contributed by atoms with Crippen molar-refractivity contribution in [3.8, 4) is 0 Å². The second kappa shape index (κ2) is 15.0. The lowest BCUT2D eigenvalue weighted by Gasteiger charge is -2.34. The van der Waals surface area contributed by atoms with Gasteiger partial charge in [0.05, 0.1) is 25.3 Å². The molecule has 44 heavy (non-hydrogen) atoms. The van der Waals surface area contributed by atoms with Gasteiger partial charge in [0, 0.05) is 70.9 Å². The van der Waals surface area contributed by atoms with E-state index in [1.54, 1.807) is 6.92 Å². The molecule has 3 N–H and O–H groups in total. The highest BCUT2D eigenvalue weighted by Gasteiger charge is 2.35. The number of ether oxygens (including phenoxy) is 1. The molecule has 2 aromatic heterocycles. The number of anilines is 2. The predicted octanol–water partition coefficient (Wildman–Crippen LogP) is 3.50. The number of nitrogen functional groups attached to an aromatic ring is 1. The molecule has 11 nitrogen and oxygen atoms in total. The van der Waals surface area contributed by atoms with Gasteiger partial charge in [0.2, 0.25) is 17.8 Å². The number of aryl methyl sites for hydroxylation is 1. The van der Waals surface area contributed by atoms with Crippen molar-refractivity contribution in [1.82, 2.24) is 29.2 Å². The van der Waals surface area contributed by atoms with Crippen LogP contribution in [-0.2, 0) is 27.4 Å². The second-order valence-electron chi connectivity index (χ2n) is 12.2. The molecule has 1 unspecified atom stereocenters. The minimum Gasteiger partial charge on any atom is -0.378 e. The van der Waals surface area contributed by atoms with Crippen LogP contribution in [0.25, 0.3) is 11.0 Å². The van der Waals surface area contributed by atoms with Crippen LogP contribution in [-0.4, -0.2) is 100 Å². The predicted molar refractivity (Wildman–Crippen MR) is 173 cm³/mol. The number of carbonyl (C=O) groups is 2. The molecule has 1 aromatic carbocycles. The molecule has 0 radical (unpaired) electrons. The third kappa shape index (κ3) is 7.94. The maximum absolute atomic E-state index is 12.0. The lowest BCUT2D eigenvalue weighted by Crippen LogP contribution is -2.46. The Morgan fingerprint density at radius 1 is 1.00 bits per heavy atom. The number of unbranched alkanes of at least 4 members (excludes halogenated alkanes) is 2. The van der Waals surface area contributed by atoms with Gasteiger partial charge in [-0.2, -0.15) is 4.98 Å². The van der Waals surface area contributed by atoms with Gasteiger partial charge in [-0.05, 0) is 36.1 Å². The molecule has 5 rings (SSSR count). The highest BCUT2D eigenvalue weighted by molar-refractivity contribution is 6.03. The van der Waals surface area contributed by atoms with Gasteiger partial charge in [0.25, 0.3) is 0 Å². The smallest absolute Gasteiger partial charge is 0.232 e. The molecule has 11 heteroatoms. The highest BCUT2D eigenvalue weighted by atomic mass is 16.5. The van der Waals surface area contributed by atoms with Crippen molar-refractivity contribution in [2.24, 2.45) is 5.92 Å². The van der Waals surface area contributed by atoms with E-state index < -0.39 is 0 Å². The molecule has 238 valence electrons. The number of amides is 2. The van der Waals surface area contributed by atoms with Gasteiger partial charge < -0.3 is 20.4 Å². The number of nitrogens with two attached hydrogens (primary N) is 1. The van der Waals surface area contributed by atoms with Crippen LogP contribution in [0, 0.1) is 12.8 Å². The lowest BCUT2D eigenvalue weighted by atomic mass is 10.0. The zero-order valence-electron chi connectivity index (χ0n) is 26.6. The Morgan fingerprint density at radius 2 is 1.77 bits per heavy atom. The van der Waals surface area contributed by atoms with Crippen molar-refractivity contribution in [1.29, 1.82) is 0 Å². The SMILES string of the molecule is CCCCCNc1nc(N)nc2ccn(Cc3ccc(CN4CCN(CCOCCN5C(=O)CC(C)C5=O)CC4)cc3C)c12. The van der Waals surface area contributed by atoms with Crippen LogP contribution in [0.4, 0.5) is 11.8 Å². The van der Waals surface area contributed by atoms with E-state index in [0.29, 0.717) is 32.1 Å². The Morgan fingerprint density at radius 3 is 2.50 bits per heavy atom. The van der Waals surface area contributed by atoms with E-state index in [1.165, 1.54) is 34.4 Å². The summed E-state index contributed by atoms with van der Waals surface area (Å²) in [7, 11) is 0. The Kier molecular flexibility index (Phi) is 10.8. The van der Waals surface area contributed by atoms with Crippen LogP contribution < -0.4 is 11.1 Å². The number of benzene rings is 1. The molecule has 0 aliphatic carbocycles. The van der Waals surface area contributed by atoms with Crippen molar-refractivity contribution in [3.05, 3.63) is 47.2 Å². The number of fused-ring (bicyclic) bond motifs is 1. The van der Waals surface area contributed by atoms with Gasteiger partial charge in [-0.1, -0.05) is 44.9 Å². The second-order valence-corrected chi connectivity index (χ2v) is 12.2. The van der Waals surface area contributed by atoms with Crippen molar-refractivity contribution in [2.45, 2.75) is 59.5 Å². The summed E-state index contributed by atoms with van der Waals surface area (Å²) in [5.41, 5.74) is 11.7. The van der Waals surface area contributed by atoms with Crippen LogP contribution in [0.2, 0.25) is 0 Å². The molecule has 0 spiro atoms. The molecular formula is C33H48N8O3. The standard InChI is InChI=1S/C33H48N8O3/c1-4-5-6-10-35-31-30-28(36-33(34)37-31)9-11-40(30)23-27-8-7-26(20-24(27)2)22-39-14-12-38(13-15-39)16-18-44-19-17-41-29(42)21-25(3)32(41)43/h7-9,11,20,25H,4-6,10,12-19,21-23H2,1-3H3,(H3,34,35,36,37). The third-order valence-electron chi connectivity index (χ3n) is 8.80. The quantitative estimate of drug-likeness (QED) is 0.198. The Bertz CT molecular complexity index is 1430. The monoisotopic (exact) mass is 604 g/mol. The van der Waals surface area contributed by atoms with Crippen molar-refractivity contribution in [2.75, 3.05) is 70.1 Å². The van der Waals surface area contributed by atoms with Gasteiger partial charge in [0.1, 0.15) is 5.52 Å². The number of piperazine rings is 1. The average Bonchev–Trinajstić information content (AvgIpc) is 3.51. The first-order valence-electron chi connectivity index (χ1n) is 16.1. The molecule has 1 atom stereocenters. The minimum absolute atomic E-state index is 0.0743. The molecule has 2 aliphatic heterocycles. The molecule has 4 heterocycles. The van der Waals surface area contributed by atoms with E-state index in [4.69, 9.17) is 10.5 Å². The van der Waals surface area contributed by atoms with Crippen molar-refractivity contribution < 1.29 is 14.3 Å². The molecule has 2 amide bonds. The summed E-state index contributed by atoms with van der Waals surface area (Å²) in [6.45, 7) is 15.0. The highest BCUT2D eigenvalue weighted by Crippen LogP contribution is 2.25. The fourth-order valence-corrected chi connectivity index (χ4v) is 6.14. The summed E-state index contributed by atoms with van der Waals surface area (Å²) in [5, 5.41) is 3.49. The normalized spacial score (nSPS) is 18.2. The summed E-state index contributed by atoms with van der Waals surface area (Å²) in [6, 6.07) is 8.83. The summed E-state index contributed by atoms with van der Waals surface area (Å²) in [4.78, 5) is 39.2. The van der Waals surface area contributed by atoms with Gasteiger partial charge in [0.15, 0.2) is 5.82 Å². The number of imide groups is 1. The zero-order chi connectivity index (χ0) is 31.1. The van der Waals surface area contributed by atoms with Crippen molar-refractivity contribution in [3.63, 3.8) is 0 Å². The fraction of sp³-hybridized carbons (Fsp3) is 0.576. The molecule has 3 aromatic rings. The number of likely N-dealkylation sites (tertiary alicyclic amines) is 1. The molecule has 0 bridgehead atoms. The van der Waals surface area contributed by atoms with E-state index in [1.807, 2.05) is 6.07 Å². The maximum Gasteiger partial charge on any atom is 0.232 e. The Labute approximate surface area is 260 Å². The summed E-state index contributed by atoms with van der Waals surface area (Å²) in [5.74, 6) is 0.747. The van der Waals surface area contributed by atoms with Crippen LogP contribution in [0.5, 0.6) is 0 Å². The molecule has 2 aliphatic rings. The molecule has 0 saturated carbocycles. The lowest BCUT2D eigenvalue weighted by molar-refractivity contribution is -0.140. The van der Waals surface area contributed by atoms with Gasteiger partial charge >= 0.3 is 0 Å². The first-order chi connectivity index (χ1) is 21.3. The number of rotatable bonds is 15. The summed E-state index contributed by atoms with van der Waals surface area (Å²) < 4.78 is 7.97. The van der Waals surface area contributed by atoms with Crippen LogP contribution in [0.1, 0.15) is 56.2 Å². The van der Waals surface area contributed by atoms with E-state index in [0.717, 1.165) is 75.6 Å². The Balaban J connectivity index is 1.07. The van der Waals surface area contributed by atoms with E-state index in [2.05, 4.69) is 67.9 Å². The van der Waals surface area contributed by atoms with E-state index >= 15 is 0 Å². The van der Waals surface area contributed by atoms with Crippen molar-refractivity contribution >= 4 is 34.6 Å². The number of carbonyl (C=O) groups excluding carboxylic acids is 2. The topological polar surface area (TPSA) is 122 Å². The van der Waals surface area contributed by atoms with Gasteiger partial charge in [-0.15, -0.1) is 0 Å². The average molecular weight is 605 g/mol. The fourth-order valence-electron chi connectivity index (χ4n) is 6.14. The molecule has 2 fully saturated rings. The number of hydrogen-bond acceptors (Lipinski definition) is 9. The van der Waals surface area contributed by atoms with Gasteiger partial charge in [-0.25, -0.2) is 4.98 Å². The van der Waals surface area contributed by atoms with E-state index in [-0.39, 0.29) is 17.7 Å². The maximum atomic E-state index is 12.0. The first kappa shape index (κ1) is 31.9. The number of hydrogen-bond donors (Lipinski definition) is 2. The number of aromatic nitrogens is 3. The summed E-state index contributed by atoms with van der Waals surface area (Å²) >= 11 is 0. The van der Waals surface area contributed by atoms with E-state index in [9.17, 15) is 9.59 Å². The third-order valence-corrected chi connectivity index (χ3v) is 8.80. The molecular weight excluding hydrogens is 556 g/mol. The van der Waals surface area contributed by atoms with Crippen LogP contribution >= 0.6 is 0 Å². The number of nitrogens with zero attached hydrogens (tertiary/aromatic N) is 6. The summed E-state index contributed by atoms with van der Waals surface area (Å²) in [6.07, 6.45) is 5.85. The number of nitrogens with one attached hydrogen (secondary N) is 1. The Hall–Kier alpha value is -3.54. The van der Waals surface area contributed by atoms with Gasteiger partial charge in [-0.3, -0.25) is 24.3 Å². The van der Waals surface area contributed by atoms with Crippen LogP contribution in [0.15, 0.2) is 30.5 Å². The molecule has 2 saturated heterocycles. The first-order valence-corrected chi connectivity index (χ1v) is 16.1. The zero-order valence-corrected chi connectivity index (χ0v) is 26.6. The van der Waals surface area contributed by atoms with Crippen LogP contribution in [0.3, 0.4) is 0 Å².